The molecule has 3 aliphatic heterocycles. The number of hydrogen-bond donors (Lipinski definition) is 1. The summed E-state index contributed by atoms with van der Waals surface area (Å²) in [6.07, 6.45) is 0.183. The number of ether oxygens (including phenoxy) is 6. The van der Waals surface area contributed by atoms with Crippen molar-refractivity contribution in [1.82, 2.24) is 0 Å². The van der Waals surface area contributed by atoms with Crippen molar-refractivity contribution in [2.24, 2.45) is 35.0 Å². The molecule has 3 saturated heterocycles. The number of rotatable bonds is 11. The van der Waals surface area contributed by atoms with Crippen LogP contribution in [0.1, 0.15) is 59.3 Å². The van der Waals surface area contributed by atoms with E-state index in [1.54, 1.807) is 0 Å². The van der Waals surface area contributed by atoms with Crippen molar-refractivity contribution in [3.05, 3.63) is 0 Å². The van der Waals surface area contributed by atoms with Crippen LogP contribution in [0.25, 0.3) is 0 Å². The third-order valence-corrected chi connectivity index (χ3v) is 11.7. The Kier molecular flexibility index (Phi) is 7.57. The van der Waals surface area contributed by atoms with Crippen molar-refractivity contribution in [3.8, 4) is 0 Å². The van der Waals surface area contributed by atoms with Crippen LogP contribution in [0.15, 0.2) is 0 Å². The molecule has 4 aliphatic carbocycles. The summed E-state index contributed by atoms with van der Waals surface area (Å²) in [5, 5.41) is -4.76. The van der Waals surface area contributed by atoms with Crippen molar-refractivity contribution in [2.45, 2.75) is 101 Å². The molecule has 3 heterocycles. The van der Waals surface area contributed by atoms with Crippen molar-refractivity contribution in [3.63, 3.8) is 0 Å². The average Bonchev–Trinajstić information content (AvgIpc) is 3.51. The molecule has 7 rings (SSSR count). The summed E-state index contributed by atoms with van der Waals surface area (Å²) in [6.45, 7) is 2.54. The minimum absolute atomic E-state index is 0.140. The Balaban J connectivity index is 1.05. The van der Waals surface area contributed by atoms with Gasteiger partial charge in [0.15, 0.2) is 18.3 Å². The number of carbonyl (C=O) groups excluding carboxylic acids is 4. The zero-order valence-electron chi connectivity index (χ0n) is 24.4. The second-order valence-electron chi connectivity index (χ2n) is 13.8. The Labute approximate surface area is 252 Å². The average molecular weight is 651 g/mol. The molecule has 7 aliphatic rings. The standard InChI is InChI=1S/C28H36F2O13S/c1-12(28(29,30)44(35,36)37)39-16(31)10-38-11-17(32)40-22-21-19(18-20(41-21)23(22)42-24(18)33)25(34)43-26(2,3)27-7-13-4-14(8-27)6-15(5-13)9-27/h12-15,18-23H,4-11H2,1-3H3,(H,35,36,37). The summed E-state index contributed by atoms with van der Waals surface area (Å²) >= 11 is 0. The van der Waals surface area contributed by atoms with Gasteiger partial charge in [0.05, 0.1) is 0 Å². The van der Waals surface area contributed by atoms with Crippen LogP contribution in [0.3, 0.4) is 0 Å². The van der Waals surface area contributed by atoms with Gasteiger partial charge in [0.2, 0.25) is 0 Å². The first-order valence-electron chi connectivity index (χ1n) is 14.8. The molecule has 16 heteroatoms. The highest BCUT2D eigenvalue weighted by molar-refractivity contribution is 7.86. The molecule has 7 fully saturated rings. The van der Waals surface area contributed by atoms with Crippen LogP contribution >= 0.6 is 0 Å². The second-order valence-corrected chi connectivity index (χ2v) is 15.3. The van der Waals surface area contributed by atoms with Crippen LogP contribution in [0.2, 0.25) is 0 Å². The Morgan fingerprint density at radius 1 is 1.00 bits per heavy atom. The highest BCUT2D eigenvalue weighted by Crippen LogP contribution is 2.64. The van der Waals surface area contributed by atoms with E-state index < -0.39 is 100 Å². The first-order chi connectivity index (χ1) is 20.4. The molecule has 0 aromatic rings. The summed E-state index contributed by atoms with van der Waals surface area (Å²) in [7, 11) is -5.84. The number of hydrogen-bond acceptors (Lipinski definition) is 12. The predicted molar refractivity (Wildman–Crippen MR) is 139 cm³/mol. The predicted octanol–water partition coefficient (Wildman–Crippen LogP) is 1.80. The minimum atomic E-state index is -5.84. The van der Waals surface area contributed by atoms with Gasteiger partial charge in [0.25, 0.3) is 0 Å². The van der Waals surface area contributed by atoms with Gasteiger partial charge < -0.3 is 28.4 Å². The van der Waals surface area contributed by atoms with E-state index in [0.29, 0.717) is 24.7 Å². The molecule has 246 valence electrons. The summed E-state index contributed by atoms with van der Waals surface area (Å²) in [5.74, 6) is -3.79. The van der Waals surface area contributed by atoms with Gasteiger partial charge in [-0.25, -0.2) is 9.59 Å². The largest absolute Gasteiger partial charge is 0.459 e. The molecule has 0 spiro atoms. The Morgan fingerprint density at radius 2 is 1.57 bits per heavy atom. The fourth-order valence-electron chi connectivity index (χ4n) is 8.93. The van der Waals surface area contributed by atoms with Crippen molar-refractivity contribution in [2.75, 3.05) is 13.2 Å². The highest BCUT2D eigenvalue weighted by atomic mass is 32.2. The summed E-state index contributed by atoms with van der Waals surface area (Å²) in [4.78, 5) is 50.8. The molecule has 7 unspecified atom stereocenters. The van der Waals surface area contributed by atoms with Crippen LogP contribution in [0, 0.1) is 35.0 Å². The fraction of sp³-hybridized carbons (Fsp3) is 0.857. The van der Waals surface area contributed by atoms with Crippen molar-refractivity contribution in [1.29, 1.82) is 0 Å². The van der Waals surface area contributed by atoms with E-state index in [2.05, 4.69) is 4.74 Å². The summed E-state index contributed by atoms with van der Waals surface area (Å²) in [6, 6.07) is 0. The van der Waals surface area contributed by atoms with Gasteiger partial charge in [-0.15, -0.1) is 0 Å². The smallest absolute Gasteiger partial charge is 0.405 e. The van der Waals surface area contributed by atoms with E-state index >= 15 is 0 Å². The first kappa shape index (κ1) is 31.5. The lowest BCUT2D eigenvalue weighted by atomic mass is 9.46. The lowest BCUT2D eigenvalue weighted by molar-refractivity contribution is -0.206. The zero-order chi connectivity index (χ0) is 32.0. The third-order valence-electron chi connectivity index (χ3n) is 10.7. The van der Waals surface area contributed by atoms with Crippen LogP contribution in [-0.4, -0.2) is 91.4 Å². The first-order valence-corrected chi connectivity index (χ1v) is 16.3. The van der Waals surface area contributed by atoms with E-state index in [9.17, 15) is 36.4 Å². The molecular formula is C28H36F2O13S. The highest BCUT2D eigenvalue weighted by Gasteiger charge is 2.72. The summed E-state index contributed by atoms with van der Waals surface area (Å²) in [5.41, 5.74) is -0.930. The van der Waals surface area contributed by atoms with E-state index in [0.717, 1.165) is 19.3 Å². The molecule has 4 saturated carbocycles. The maximum atomic E-state index is 13.7. The molecule has 1 N–H and O–H groups in total. The lowest BCUT2D eigenvalue weighted by Crippen LogP contribution is -2.58. The van der Waals surface area contributed by atoms with E-state index in [4.69, 9.17) is 28.2 Å². The molecule has 0 amide bonds. The SMILES string of the molecule is CC(OC(=O)COCC(=O)OC1C2OC(=O)C3C2OC1C3C(=O)OC(C)(C)C12CC3CC(CC(C3)C1)C2)C(F)(F)S(=O)(=O)O. The Morgan fingerprint density at radius 3 is 2.14 bits per heavy atom. The van der Waals surface area contributed by atoms with E-state index in [1.165, 1.54) is 19.3 Å². The van der Waals surface area contributed by atoms with Crippen LogP contribution in [0.4, 0.5) is 8.78 Å². The van der Waals surface area contributed by atoms with Crippen molar-refractivity contribution >= 4 is 34.0 Å². The van der Waals surface area contributed by atoms with Gasteiger partial charge in [-0.1, -0.05) is 0 Å². The maximum absolute atomic E-state index is 13.7. The number of halogens is 2. The van der Waals surface area contributed by atoms with Crippen LogP contribution in [-0.2, 0) is 57.7 Å². The van der Waals surface area contributed by atoms with Crippen LogP contribution < -0.4 is 0 Å². The van der Waals surface area contributed by atoms with Gasteiger partial charge in [-0.3, -0.25) is 14.1 Å². The second kappa shape index (κ2) is 10.6. The number of alkyl halides is 2. The molecule has 0 radical (unpaired) electrons. The molecule has 0 aromatic heterocycles. The molecular weight excluding hydrogens is 614 g/mol. The maximum Gasteiger partial charge on any atom is 0.405 e. The molecule has 13 nitrogen and oxygen atoms in total. The summed E-state index contributed by atoms with van der Waals surface area (Å²) < 4.78 is 89.4. The Bertz CT molecular complexity index is 1310. The normalized spacial score (nSPS) is 39.2. The van der Waals surface area contributed by atoms with Crippen molar-refractivity contribution < 1.29 is 69.4 Å². The third kappa shape index (κ3) is 5.09. The van der Waals surface area contributed by atoms with E-state index in [-0.39, 0.29) is 5.41 Å². The van der Waals surface area contributed by atoms with E-state index in [1.807, 2.05) is 13.8 Å². The van der Waals surface area contributed by atoms with Gasteiger partial charge >= 0.3 is 39.2 Å². The molecule has 7 atom stereocenters. The number of esters is 4. The monoisotopic (exact) mass is 650 g/mol. The zero-order valence-corrected chi connectivity index (χ0v) is 25.3. The molecule has 0 aromatic carbocycles. The Hall–Kier alpha value is -2.43. The molecule has 44 heavy (non-hydrogen) atoms. The van der Waals surface area contributed by atoms with Gasteiger partial charge in [0, 0.05) is 5.41 Å². The lowest BCUT2D eigenvalue weighted by Gasteiger charge is -2.61. The van der Waals surface area contributed by atoms with Gasteiger partial charge in [-0.05, 0) is 77.0 Å². The molecule has 6 bridgehead atoms. The van der Waals surface area contributed by atoms with Gasteiger partial charge in [0.1, 0.15) is 42.9 Å². The van der Waals surface area contributed by atoms with Crippen LogP contribution in [0.5, 0.6) is 0 Å². The van der Waals surface area contributed by atoms with Gasteiger partial charge in [-0.2, -0.15) is 17.2 Å². The minimum Gasteiger partial charge on any atom is -0.459 e. The number of fused-ring (bicyclic) bond motifs is 1. The number of carbonyl (C=O) groups is 4. The quantitative estimate of drug-likeness (QED) is 0.195. The topological polar surface area (TPSA) is 178 Å². The fourth-order valence-corrected chi connectivity index (χ4v) is 9.40.